The van der Waals surface area contributed by atoms with Gasteiger partial charge in [-0.1, -0.05) is 48.5 Å². The number of nitrogens with one attached hydrogen (secondary N) is 1. The zero-order valence-electron chi connectivity index (χ0n) is 14.9. The van der Waals surface area contributed by atoms with Gasteiger partial charge in [0.2, 0.25) is 17.6 Å². The number of hydrogen-bond acceptors (Lipinski definition) is 5. The van der Waals surface area contributed by atoms with Crippen molar-refractivity contribution in [1.82, 2.24) is 5.32 Å². The first-order valence-electron chi connectivity index (χ1n) is 8.41. The zero-order valence-corrected chi connectivity index (χ0v) is 14.9. The summed E-state index contributed by atoms with van der Waals surface area (Å²) in [6.45, 7) is -0.154. The summed E-state index contributed by atoms with van der Waals surface area (Å²) in [6.07, 6.45) is 0.377. The molecule has 0 bridgehead atoms. The fourth-order valence-electron chi connectivity index (χ4n) is 2.36. The molecule has 0 radical (unpaired) electrons. The Labute approximate surface area is 160 Å². The number of amides is 2. The molecule has 1 atom stereocenters. The highest BCUT2D eigenvalue weighted by molar-refractivity contribution is 5.87. The highest BCUT2D eigenvalue weighted by Gasteiger charge is 2.17. The molecule has 28 heavy (non-hydrogen) atoms. The molecule has 0 fully saturated rings. The molecule has 5 N–H and O–H groups in total. The fraction of sp³-hybridized carbons (Fsp3) is 0.150. The number of hydrogen-bond donors (Lipinski definition) is 3. The van der Waals surface area contributed by atoms with E-state index in [1.54, 1.807) is 24.3 Å². The lowest BCUT2D eigenvalue weighted by molar-refractivity contribution is -0.126. The van der Waals surface area contributed by atoms with Gasteiger partial charge < -0.3 is 21.2 Å². The van der Waals surface area contributed by atoms with Crippen LogP contribution in [0.3, 0.4) is 0 Å². The van der Waals surface area contributed by atoms with Crippen molar-refractivity contribution in [2.24, 2.45) is 11.5 Å². The van der Waals surface area contributed by atoms with Crippen LogP contribution in [0.1, 0.15) is 5.56 Å². The van der Waals surface area contributed by atoms with Crippen molar-refractivity contribution in [2.45, 2.75) is 12.5 Å². The molecule has 8 heteroatoms. The molecule has 0 saturated carbocycles. The van der Waals surface area contributed by atoms with Crippen LogP contribution in [0.5, 0.6) is 0 Å². The van der Waals surface area contributed by atoms with Gasteiger partial charge in [0.1, 0.15) is 11.6 Å². The molecule has 1 aromatic heterocycles. The summed E-state index contributed by atoms with van der Waals surface area (Å²) in [5.74, 6) is -1.81. The Morgan fingerprint density at radius 2 is 1.71 bits per heavy atom. The van der Waals surface area contributed by atoms with Gasteiger partial charge in [0.25, 0.3) is 0 Å². The van der Waals surface area contributed by atoms with Crippen LogP contribution in [0.15, 0.2) is 69.9 Å². The molecule has 0 aliphatic heterocycles. The van der Waals surface area contributed by atoms with Crippen molar-refractivity contribution in [3.8, 4) is 0 Å². The highest BCUT2D eigenvalue weighted by atomic mass is 19.1. The summed E-state index contributed by atoms with van der Waals surface area (Å²) in [5.41, 5.74) is 10.8. The maximum atomic E-state index is 12.6. The van der Waals surface area contributed by atoms with E-state index in [1.807, 2.05) is 30.3 Å². The van der Waals surface area contributed by atoms with Crippen LogP contribution >= 0.6 is 0 Å². The molecule has 0 aliphatic carbocycles. The number of benzene rings is 2. The van der Waals surface area contributed by atoms with Gasteiger partial charge >= 0.3 is 5.63 Å². The van der Waals surface area contributed by atoms with E-state index < -0.39 is 23.4 Å². The number of fused-ring (bicyclic) bond motifs is 1. The van der Waals surface area contributed by atoms with E-state index in [0.717, 1.165) is 5.56 Å². The van der Waals surface area contributed by atoms with Crippen LogP contribution in [-0.4, -0.2) is 24.4 Å². The molecule has 3 rings (SSSR count). The van der Waals surface area contributed by atoms with Crippen LogP contribution in [0.2, 0.25) is 0 Å². The van der Waals surface area contributed by atoms with Crippen molar-refractivity contribution in [3.63, 3.8) is 0 Å². The van der Waals surface area contributed by atoms with E-state index >= 15 is 0 Å². The smallest absolute Gasteiger partial charge is 0.372 e. The SMILES string of the molecule is NCC(=O)NC(Cc1ccccc1)C(N)=O.O=c1oc2ccccc2cc1F. The fourth-order valence-corrected chi connectivity index (χ4v) is 2.36. The van der Waals surface area contributed by atoms with E-state index in [0.29, 0.717) is 17.4 Å². The normalized spacial score (nSPS) is 11.2. The number of carbonyl (C=O) groups excluding carboxylic acids is 2. The van der Waals surface area contributed by atoms with Crippen molar-refractivity contribution >= 4 is 22.8 Å². The summed E-state index contributed by atoms with van der Waals surface area (Å²) in [4.78, 5) is 32.9. The van der Waals surface area contributed by atoms with Gasteiger partial charge in [-0.3, -0.25) is 9.59 Å². The van der Waals surface area contributed by atoms with Gasteiger partial charge in [0.05, 0.1) is 6.54 Å². The number of halogens is 1. The van der Waals surface area contributed by atoms with Crippen molar-refractivity contribution in [3.05, 3.63) is 82.5 Å². The Bertz CT molecular complexity index is 1010. The molecule has 1 unspecified atom stereocenters. The molecule has 1 heterocycles. The molecule has 2 amide bonds. The van der Waals surface area contributed by atoms with Crippen LogP contribution in [0.25, 0.3) is 11.0 Å². The summed E-state index contributed by atoms with van der Waals surface area (Å²) >= 11 is 0. The lowest BCUT2D eigenvalue weighted by Crippen LogP contribution is -2.47. The molecule has 0 saturated heterocycles. The quantitative estimate of drug-likeness (QED) is 0.566. The lowest BCUT2D eigenvalue weighted by atomic mass is 10.1. The standard InChI is InChI=1S/C11H15N3O2.C9H5FO2/c12-7-10(15)14-9(11(13)16)6-8-4-2-1-3-5-8;10-7-5-6-3-1-2-4-8(6)12-9(7)11/h1-5,9H,6-7,12H2,(H2,13,16)(H,14,15);1-5H. The molecule has 7 nitrogen and oxygen atoms in total. The summed E-state index contributed by atoms with van der Waals surface area (Å²) < 4.78 is 17.3. The third-order valence-corrected chi connectivity index (χ3v) is 3.75. The second-order valence-corrected chi connectivity index (χ2v) is 5.84. The Morgan fingerprint density at radius 3 is 2.36 bits per heavy atom. The minimum atomic E-state index is -0.922. The zero-order chi connectivity index (χ0) is 20.5. The Hall–Kier alpha value is -3.52. The third-order valence-electron chi connectivity index (χ3n) is 3.75. The summed E-state index contributed by atoms with van der Waals surface area (Å²) in [7, 11) is 0. The average molecular weight is 385 g/mol. The number of carbonyl (C=O) groups is 2. The predicted octanol–water partition coefficient (Wildman–Crippen LogP) is 1.09. The van der Waals surface area contributed by atoms with Crippen molar-refractivity contribution in [2.75, 3.05) is 6.54 Å². The number of rotatable bonds is 5. The molecule has 0 aliphatic rings. The van der Waals surface area contributed by atoms with Gasteiger partial charge in [-0.2, -0.15) is 4.39 Å². The van der Waals surface area contributed by atoms with Gasteiger partial charge in [-0.25, -0.2) is 4.79 Å². The minimum absolute atomic E-state index is 0.154. The van der Waals surface area contributed by atoms with Crippen molar-refractivity contribution in [1.29, 1.82) is 0 Å². The highest BCUT2D eigenvalue weighted by Crippen LogP contribution is 2.11. The first-order chi connectivity index (χ1) is 13.4. The molecule has 0 spiro atoms. The van der Waals surface area contributed by atoms with E-state index in [2.05, 4.69) is 9.73 Å². The lowest BCUT2D eigenvalue weighted by Gasteiger charge is -2.14. The van der Waals surface area contributed by atoms with Crippen molar-refractivity contribution < 1.29 is 18.4 Å². The summed E-state index contributed by atoms with van der Waals surface area (Å²) in [6, 6.07) is 16.6. The first-order valence-corrected chi connectivity index (χ1v) is 8.41. The van der Waals surface area contributed by atoms with Gasteiger partial charge in [-0.05, 0) is 17.7 Å². The van der Waals surface area contributed by atoms with E-state index in [1.165, 1.54) is 6.07 Å². The Balaban J connectivity index is 0.000000207. The first kappa shape index (κ1) is 20.8. The van der Waals surface area contributed by atoms with Gasteiger partial charge in [0, 0.05) is 11.8 Å². The number of primary amides is 1. The van der Waals surface area contributed by atoms with E-state index in [-0.39, 0.29) is 12.5 Å². The summed E-state index contributed by atoms with van der Waals surface area (Å²) in [5, 5.41) is 3.07. The average Bonchev–Trinajstić information content (AvgIpc) is 2.69. The van der Waals surface area contributed by atoms with E-state index in [9.17, 15) is 18.8 Å². The van der Waals surface area contributed by atoms with E-state index in [4.69, 9.17) is 11.5 Å². The molecular weight excluding hydrogens is 365 g/mol. The predicted molar refractivity (Wildman–Crippen MR) is 103 cm³/mol. The molecule has 3 aromatic rings. The maximum absolute atomic E-state index is 12.6. The largest absolute Gasteiger partial charge is 0.421 e. The molecular formula is C20H20FN3O4. The topological polar surface area (TPSA) is 128 Å². The Kier molecular flexibility index (Phi) is 7.41. The molecule has 2 aromatic carbocycles. The van der Waals surface area contributed by atoms with Crippen LogP contribution < -0.4 is 22.4 Å². The maximum Gasteiger partial charge on any atom is 0.372 e. The van der Waals surface area contributed by atoms with Gasteiger partial charge in [-0.15, -0.1) is 0 Å². The number of nitrogens with two attached hydrogens (primary N) is 2. The van der Waals surface area contributed by atoms with Crippen LogP contribution in [0, 0.1) is 5.82 Å². The molecule has 146 valence electrons. The van der Waals surface area contributed by atoms with Gasteiger partial charge in [0.15, 0.2) is 0 Å². The number of para-hydroxylation sites is 1. The second-order valence-electron chi connectivity index (χ2n) is 5.84. The second kappa shape index (κ2) is 9.98. The minimum Gasteiger partial charge on any atom is -0.421 e. The van der Waals surface area contributed by atoms with Crippen LogP contribution in [0.4, 0.5) is 4.39 Å². The third kappa shape index (κ3) is 6.03. The monoisotopic (exact) mass is 385 g/mol. The van der Waals surface area contributed by atoms with Crippen LogP contribution in [-0.2, 0) is 16.0 Å². The Morgan fingerprint density at radius 1 is 1.07 bits per heavy atom.